The van der Waals surface area contributed by atoms with Gasteiger partial charge in [0.1, 0.15) is 6.10 Å². The first-order valence-corrected chi connectivity index (χ1v) is 5.24. The van der Waals surface area contributed by atoms with Crippen molar-refractivity contribution in [2.75, 3.05) is 7.05 Å². The number of aliphatic hydroxyl groups excluding tert-OH is 1. The molecule has 1 N–H and O–H groups in total. The zero-order valence-electron chi connectivity index (χ0n) is 9.08. The van der Waals surface area contributed by atoms with E-state index in [0.29, 0.717) is 6.42 Å². The SMILES string of the molecule is CN1OC(C(O)C#N)CC1c1ccccc1. The van der Waals surface area contributed by atoms with Crippen LogP contribution in [-0.2, 0) is 4.84 Å². The number of hydrogen-bond donors (Lipinski definition) is 1. The molecule has 1 heterocycles. The maximum atomic E-state index is 9.43. The predicted octanol–water partition coefficient (Wildman–Crippen LogP) is 1.25. The summed E-state index contributed by atoms with van der Waals surface area (Å²) in [7, 11) is 1.82. The van der Waals surface area contributed by atoms with Crippen molar-refractivity contribution in [1.29, 1.82) is 5.26 Å². The van der Waals surface area contributed by atoms with Crippen LogP contribution in [0.1, 0.15) is 18.0 Å². The number of hydroxylamine groups is 2. The first kappa shape index (κ1) is 11.1. The quantitative estimate of drug-likeness (QED) is 0.759. The summed E-state index contributed by atoms with van der Waals surface area (Å²) in [5.41, 5.74) is 1.14. The molecule has 1 aliphatic heterocycles. The van der Waals surface area contributed by atoms with Gasteiger partial charge in [-0.15, -0.1) is 0 Å². The number of rotatable bonds is 2. The lowest BCUT2D eigenvalue weighted by atomic mass is 10.00. The van der Waals surface area contributed by atoms with Crippen LogP contribution in [0, 0.1) is 11.3 Å². The Hall–Kier alpha value is -1.41. The van der Waals surface area contributed by atoms with E-state index in [0.717, 1.165) is 5.56 Å². The zero-order chi connectivity index (χ0) is 11.5. The van der Waals surface area contributed by atoms with E-state index in [1.807, 2.05) is 37.4 Å². The standard InChI is InChI=1S/C12H14N2O2/c1-14-10(9-5-3-2-4-6-9)7-12(16-14)11(15)8-13/h2-6,10-12,15H,7H2,1H3. The first-order chi connectivity index (χ1) is 7.72. The van der Waals surface area contributed by atoms with E-state index < -0.39 is 12.2 Å². The van der Waals surface area contributed by atoms with Crippen LogP contribution in [0.2, 0.25) is 0 Å². The van der Waals surface area contributed by atoms with E-state index in [4.69, 9.17) is 10.1 Å². The van der Waals surface area contributed by atoms with E-state index in [2.05, 4.69) is 0 Å². The molecule has 1 fully saturated rings. The van der Waals surface area contributed by atoms with Crippen LogP contribution >= 0.6 is 0 Å². The molecular formula is C12H14N2O2. The number of aliphatic hydroxyl groups is 1. The third kappa shape index (κ3) is 2.07. The van der Waals surface area contributed by atoms with Crippen molar-refractivity contribution in [1.82, 2.24) is 5.06 Å². The van der Waals surface area contributed by atoms with Gasteiger partial charge in [0.25, 0.3) is 0 Å². The minimum atomic E-state index is -1.06. The van der Waals surface area contributed by atoms with Gasteiger partial charge in [-0.2, -0.15) is 10.3 Å². The molecule has 0 amide bonds. The maximum absolute atomic E-state index is 9.43. The van der Waals surface area contributed by atoms with Crippen molar-refractivity contribution >= 4 is 0 Å². The highest BCUT2D eigenvalue weighted by molar-refractivity contribution is 5.19. The molecule has 1 aromatic rings. The molecule has 3 atom stereocenters. The van der Waals surface area contributed by atoms with Gasteiger partial charge in [-0.3, -0.25) is 4.84 Å². The second-order valence-corrected chi connectivity index (χ2v) is 3.93. The fraction of sp³-hybridized carbons (Fsp3) is 0.417. The summed E-state index contributed by atoms with van der Waals surface area (Å²) in [6.07, 6.45) is -0.855. The van der Waals surface area contributed by atoms with Gasteiger partial charge in [0, 0.05) is 13.5 Å². The molecule has 4 heteroatoms. The molecule has 0 saturated carbocycles. The van der Waals surface area contributed by atoms with Crippen LogP contribution in [0.15, 0.2) is 30.3 Å². The van der Waals surface area contributed by atoms with Gasteiger partial charge < -0.3 is 5.11 Å². The van der Waals surface area contributed by atoms with Crippen LogP contribution in [0.5, 0.6) is 0 Å². The molecule has 4 nitrogen and oxygen atoms in total. The van der Waals surface area contributed by atoms with E-state index in [1.165, 1.54) is 0 Å². The van der Waals surface area contributed by atoms with Gasteiger partial charge in [-0.05, 0) is 5.56 Å². The maximum Gasteiger partial charge on any atom is 0.168 e. The van der Waals surface area contributed by atoms with Crippen LogP contribution in [-0.4, -0.2) is 29.4 Å². The van der Waals surface area contributed by atoms with Crippen molar-refractivity contribution in [2.45, 2.75) is 24.7 Å². The summed E-state index contributed by atoms with van der Waals surface area (Å²) in [5, 5.41) is 19.8. The smallest absolute Gasteiger partial charge is 0.168 e. The highest BCUT2D eigenvalue weighted by atomic mass is 16.7. The molecule has 2 rings (SSSR count). The second kappa shape index (κ2) is 4.62. The summed E-state index contributed by atoms with van der Waals surface area (Å²) in [5.74, 6) is 0. The topological polar surface area (TPSA) is 56.5 Å². The number of nitriles is 1. The molecule has 84 valence electrons. The van der Waals surface area contributed by atoms with Crippen molar-refractivity contribution in [3.63, 3.8) is 0 Å². The molecule has 1 aliphatic rings. The number of benzene rings is 1. The molecule has 3 unspecified atom stereocenters. The molecule has 0 bridgehead atoms. The molecular weight excluding hydrogens is 204 g/mol. The van der Waals surface area contributed by atoms with Gasteiger partial charge in [-0.1, -0.05) is 30.3 Å². The Morgan fingerprint density at radius 3 is 2.81 bits per heavy atom. The number of hydrogen-bond acceptors (Lipinski definition) is 4. The Labute approximate surface area is 94.6 Å². The van der Waals surface area contributed by atoms with E-state index in [9.17, 15) is 5.11 Å². The van der Waals surface area contributed by atoms with Crippen molar-refractivity contribution in [3.05, 3.63) is 35.9 Å². The Morgan fingerprint density at radius 1 is 1.50 bits per heavy atom. The van der Waals surface area contributed by atoms with E-state index in [1.54, 1.807) is 11.1 Å². The average Bonchev–Trinajstić information content (AvgIpc) is 2.71. The summed E-state index contributed by atoms with van der Waals surface area (Å²) in [4.78, 5) is 5.44. The molecule has 16 heavy (non-hydrogen) atoms. The first-order valence-electron chi connectivity index (χ1n) is 5.24. The molecule has 1 aromatic carbocycles. The summed E-state index contributed by atoms with van der Waals surface area (Å²) in [6.45, 7) is 0. The largest absolute Gasteiger partial charge is 0.375 e. The molecule has 1 saturated heterocycles. The van der Waals surface area contributed by atoms with E-state index in [-0.39, 0.29) is 6.04 Å². The molecule has 0 aliphatic carbocycles. The Balaban J connectivity index is 2.12. The van der Waals surface area contributed by atoms with Crippen LogP contribution < -0.4 is 0 Å². The zero-order valence-corrected chi connectivity index (χ0v) is 9.08. The third-order valence-corrected chi connectivity index (χ3v) is 2.86. The average molecular weight is 218 g/mol. The van der Waals surface area contributed by atoms with Crippen LogP contribution in [0.25, 0.3) is 0 Å². The Kier molecular flexibility index (Phi) is 3.20. The Morgan fingerprint density at radius 2 is 2.19 bits per heavy atom. The van der Waals surface area contributed by atoms with E-state index >= 15 is 0 Å². The monoisotopic (exact) mass is 218 g/mol. The van der Waals surface area contributed by atoms with Gasteiger partial charge in [-0.25, -0.2) is 0 Å². The highest BCUT2D eigenvalue weighted by Gasteiger charge is 2.36. The predicted molar refractivity (Wildman–Crippen MR) is 58.1 cm³/mol. The van der Waals surface area contributed by atoms with Gasteiger partial charge in [0.15, 0.2) is 6.10 Å². The molecule has 0 spiro atoms. The van der Waals surface area contributed by atoms with Gasteiger partial charge in [0.2, 0.25) is 0 Å². The minimum Gasteiger partial charge on any atom is -0.375 e. The summed E-state index contributed by atoms with van der Waals surface area (Å²) in [6, 6.07) is 11.8. The Bertz CT molecular complexity index is 388. The minimum absolute atomic E-state index is 0.106. The number of nitrogens with zero attached hydrogens (tertiary/aromatic N) is 2. The third-order valence-electron chi connectivity index (χ3n) is 2.86. The van der Waals surface area contributed by atoms with Crippen molar-refractivity contribution in [3.8, 4) is 6.07 Å². The molecule has 0 radical (unpaired) electrons. The van der Waals surface area contributed by atoms with Crippen molar-refractivity contribution in [2.24, 2.45) is 0 Å². The van der Waals surface area contributed by atoms with Crippen molar-refractivity contribution < 1.29 is 9.94 Å². The molecule has 0 aromatic heterocycles. The van der Waals surface area contributed by atoms with Crippen LogP contribution in [0.4, 0.5) is 0 Å². The fourth-order valence-corrected chi connectivity index (χ4v) is 1.99. The lowest BCUT2D eigenvalue weighted by molar-refractivity contribution is -0.162. The van der Waals surface area contributed by atoms with Gasteiger partial charge in [0.05, 0.1) is 12.1 Å². The normalized spacial score (nSPS) is 27.6. The summed E-state index contributed by atoms with van der Waals surface area (Å²) >= 11 is 0. The lowest BCUT2D eigenvalue weighted by Gasteiger charge is -2.17. The fourth-order valence-electron chi connectivity index (χ4n) is 1.99. The van der Waals surface area contributed by atoms with Crippen LogP contribution in [0.3, 0.4) is 0 Å². The second-order valence-electron chi connectivity index (χ2n) is 3.93. The van der Waals surface area contributed by atoms with Gasteiger partial charge >= 0.3 is 0 Å². The lowest BCUT2D eigenvalue weighted by Crippen LogP contribution is -2.25. The summed E-state index contributed by atoms with van der Waals surface area (Å²) < 4.78 is 0. The highest BCUT2D eigenvalue weighted by Crippen LogP contribution is 2.33.